The van der Waals surface area contributed by atoms with Crippen molar-refractivity contribution in [3.63, 3.8) is 0 Å². The summed E-state index contributed by atoms with van der Waals surface area (Å²) in [7, 11) is -3.61. The molecule has 0 unspecified atom stereocenters. The van der Waals surface area contributed by atoms with Crippen molar-refractivity contribution in [3.05, 3.63) is 42.8 Å². The molecule has 0 aliphatic carbocycles. The Kier molecular flexibility index (Phi) is 4.53. The summed E-state index contributed by atoms with van der Waals surface area (Å²) in [4.78, 5) is 8.22. The van der Waals surface area contributed by atoms with Crippen LogP contribution in [-0.2, 0) is 10.0 Å². The highest BCUT2D eigenvalue weighted by Crippen LogP contribution is 2.09. The average molecular weight is 349 g/mol. The Morgan fingerprint density at radius 2 is 2.17 bits per heavy atom. The minimum Gasteiger partial charge on any atom is -0.369 e. The molecule has 0 bridgehead atoms. The summed E-state index contributed by atoms with van der Waals surface area (Å²) in [6.07, 6.45) is 5.42. The lowest BCUT2D eigenvalue weighted by Crippen LogP contribution is -2.28. The number of aromatic nitrogens is 5. The van der Waals surface area contributed by atoms with E-state index < -0.39 is 10.0 Å². The Labute approximate surface area is 138 Å². The average Bonchev–Trinajstić information content (AvgIpc) is 3.24. The molecule has 3 aromatic rings. The molecule has 0 atom stereocenters. The number of rotatable bonds is 7. The molecular weight excluding hydrogens is 334 g/mol. The third kappa shape index (κ3) is 3.75. The van der Waals surface area contributed by atoms with Gasteiger partial charge in [0, 0.05) is 25.4 Å². The maximum absolute atomic E-state index is 11.9. The lowest BCUT2D eigenvalue weighted by molar-refractivity contribution is 0.417. The number of hydrogen-bond acceptors (Lipinski definition) is 8. The summed E-state index contributed by atoms with van der Waals surface area (Å²) in [5.41, 5.74) is 0.881. The predicted octanol–water partition coefficient (Wildman–Crippen LogP) is 0.349. The van der Waals surface area contributed by atoms with Crippen molar-refractivity contribution >= 4 is 15.8 Å². The lowest BCUT2D eigenvalue weighted by Gasteiger charge is -2.08. The van der Waals surface area contributed by atoms with Crippen LogP contribution in [0.25, 0.3) is 5.82 Å². The smallest absolute Gasteiger partial charge is 0.245 e. The van der Waals surface area contributed by atoms with Crippen LogP contribution in [0, 0.1) is 6.92 Å². The molecule has 24 heavy (non-hydrogen) atoms. The van der Waals surface area contributed by atoms with Gasteiger partial charge in [0.2, 0.25) is 10.0 Å². The minimum absolute atomic E-state index is 0.0131. The molecule has 0 fully saturated rings. The van der Waals surface area contributed by atoms with Crippen LogP contribution in [0.4, 0.5) is 5.82 Å². The van der Waals surface area contributed by atoms with E-state index in [1.807, 2.05) is 13.0 Å². The summed E-state index contributed by atoms with van der Waals surface area (Å²) >= 11 is 0. The maximum atomic E-state index is 11.9. The van der Waals surface area contributed by atoms with E-state index in [4.69, 9.17) is 0 Å². The number of hydrogen-bond donors (Lipinski definition) is 2. The molecule has 0 saturated heterocycles. The number of nitrogens with zero attached hydrogens (tertiary/aromatic N) is 5. The molecule has 3 heterocycles. The van der Waals surface area contributed by atoms with Gasteiger partial charge in [-0.1, -0.05) is 5.16 Å². The normalized spacial score (nSPS) is 11.5. The van der Waals surface area contributed by atoms with Crippen LogP contribution in [0.3, 0.4) is 0 Å². The molecule has 10 nitrogen and oxygen atoms in total. The Hall–Kier alpha value is -2.79. The second kappa shape index (κ2) is 6.76. The van der Waals surface area contributed by atoms with Crippen LogP contribution in [0.15, 0.2) is 46.5 Å². The molecule has 0 amide bonds. The zero-order valence-corrected chi connectivity index (χ0v) is 13.6. The fraction of sp³-hybridized carbons (Fsp3) is 0.231. The lowest BCUT2D eigenvalue weighted by atomic mass is 10.5. The standard InChI is InChI=1S/C13H15N7O3S/c1-10-2-5-20(19-10)13-6-12(15-9-16-13)14-3-4-18-24(21,22)11-7-17-23-8-11/h2,5-9,18H,3-4H2,1H3,(H,14,15,16). The first-order chi connectivity index (χ1) is 11.5. The van der Waals surface area contributed by atoms with Crippen LogP contribution >= 0.6 is 0 Å². The first kappa shape index (κ1) is 16.1. The van der Waals surface area contributed by atoms with E-state index in [2.05, 4.69) is 34.8 Å². The summed E-state index contributed by atoms with van der Waals surface area (Å²) in [5, 5.41) is 10.7. The third-order valence-electron chi connectivity index (χ3n) is 3.05. The van der Waals surface area contributed by atoms with Crippen LogP contribution in [0.5, 0.6) is 0 Å². The summed E-state index contributed by atoms with van der Waals surface area (Å²) in [5.74, 6) is 1.18. The molecule has 0 saturated carbocycles. The predicted molar refractivity (Wildman–Crippen MR) is 84.1 cm³/mol. The van der Waals surface area contributed by atoms with Crippen LogP contribution < -0.4 is 10.0 Å². The van der Waals surface area contributed by atoms with Gasteiger partial charge in [0.1, 0.15) is 23.3 Å². The second-order valence-electron chi connectivity index (χ2n) is 4.85. The van der Waals surface area contributed by atoms with Crippen molar-refractivity contribution in [2.75, 3.05) is 18.4 Å². The van der Waals surface area contributed by atoms with E-state index in [-0.39, 0.29) is 11.4 Å². The summed E-state index contributed by atoms with van der Waals surface area (Å²) in [6, 6.07) is 3.59. The zero-order chi connectivity index (χ0) is 17.0. The fourth-order valence-electron chi connectivity index (χ4n) is 1.90. The minimum atomic E-state index is -3.61. The molecule has 2 N–H and O–H groups in total. The molecule has 3 rings (SSSR count). The largest absolute Gasteiger partial charge is 0.369 e. The third-order valence-corrected chi connectivity index (χ3v) is 4.46. The molecule has 0 aliphatic rings. The molecule has 3 aromatic heterocycles. The van der Waals surface area contributed by atoms with Gasteiger partial charge in [-0.25, -0.2) is 27.8 Å². The van der Waals surface area contributed by atoms with Gasteiger partial charge in [-0.05, 0) is 13.0 Å². The quantitative estimate of drug-likeness (QED) is 0.585. The van der Waals surface area contributed by atoms with Crippen molar-refractivity contribution in [1.82, 2.24) is 29.6 Å². The van der Waals surface area contributed by atoms with Gasteiger partial charge in [-0.15, -0.1) is 0 Å². The second-order valence-corrected chi connectivity index (χ2v) is 6.61. The van der Waals surface area contributed by atoms with Gasteiger partial charge >= 0.3 is 0 Å². The highest BCUT2D eigenvalue weighted by molar-refractivity contribution is 7.89. The van der Waals surface area contributed by atoms with Gasteiger partial charge in [0.25, 0.3) is 0 Å². The SMILES string of the molecule is Cc1ccn(-c2cc(NCCNS(=O)(=O)c3cnoc3)ncn2)n1. The molecule has 0 aromatic carbocycles. The van der Waals surface area contributed by atoms with Gasteiger partial charge in [-0.2, -0.15) is 5.10 Å². The van der Waals surface area contributed by atoms with Gasteiger partial charge in [0.05, 0.1) is 11.9 Å². The van der Waals surface area contributed by atoms with E-state index in [0.717, 1.165) is 18.2 Å². The van der Waals surface area contributed by atoms with E-state index in [1.54, 1.807) is 16.9 Å². The first-order valence-corrected chi connectivity index (χ1v) is 8.50. The Balaban J connectivity index is 1.56. The number of nitrogens with one attached hydrogen (secondary N) is 2. The van der Waals surface area contributed by atoms with Crippen LogP contribution in [-0.4, -0.2) is 46.4 Å². The summed E-state index contributed by atoms with van der Waals surface area (Å²) < 4.78 is 32.3. The van der Waals surface area contributed by atoms with Crippen LogP contribution in [0.1, 0.15) is 5.69 Å². The Bertz CT molecular complexity index is 905. The summed E-state index contributed by atoms with van der Waals surface area (Å²) in [6.45, 7) is 2.41. The Morgan fingerprint density at radius 1 is 1.29 bits per heavy atom. The fourth-order valence-corrected chi connectivity index (χ4v) is 2.79. The molecule has 11 heteroatoms. The van der Waals surface area contributed by atoms with Gasteiger partial charge < -0.3 is 9.84 Å². The highest BCUT2D eigenvalue weighted by atomic mass is 32.2. The monoisotopic (exact) mass is 349 g/mol. The molecule has 126 valence electrons. The molecule has 0 spiro atoms. The van der Waals surface area contributed by atoms with E-state index in [1.165, 1.54) is 6.33 Å². The van der Waals surface area contributed by atoms with E-state index in [9.17, 15) is 8.42 Å². The topological polar surface area (TPSA) is 128 Å². The van der Waals surface area contributed by atoms with Crippen LogP contribution in [0.2, 0.25) is 0 Å². The molecular formula is C13H15N7O3S. The van der Waals surface area contributed by atoms with Crippen molar-refractivity contribution in [3.8, 4) is 5.82 Å². The highest BCUT2D eigenvalue weighted by Gasteiger charge is 2.15. The Morgan fingerprint density at radius 3 is 2.88 bits per heavy atom. The number of sulfonamides is 1. The van der Waals surface area contributed by atoms with E-state index in [0.29, 0.717) is 18.2 Å². The van der Waals surface area contributed by atoms with Crippen molar-refractivity contribution in [1.29, 1.82) is 0 Å². The van der Waals surface area contributed by atoms with Crippen molar-refractivity contribution in [2.24, 2.45) is 0 Å². The molecule has 0 radical (unpaired) electrons. The molecule has 0 aliphatic heterocycles. The number of anilines is 1. The first-order valence-electron chi connectivity index (χ1n) is 7.02. The van der Waals surface area contributed by atoms with Crippen molar-refractivity contribution in [2.45, 2.75) is 11.8 Å². The maximum Gasteiger partial charge on any atom is 0.245 e. The van der Waals surface area contributed by atoms with Crippen molar-refractivity contribution < 1.29 is 12.9 Å². The van der Waals surface area contributed by atoms with Gasteiger partial charge in [-0.3, -0.25) is 0 Å². The zero-order valence-electron chi connectivity index (χ0n) is 12.7. The number of aryl methyl sites for hydroxylation is 1. The van der Waals surface area contributed by atoms with E-state index >= 15 is 0 Å². The van der Waals surface area contributed by atoms with Gasteiger partial charge in [0.15, 0.2) is 5.82 Å².